The van der Waals surface area contributed by atoms with E-state index in [2.05, 4.69) is 48.2 Å². The zero-order valence-electron chi connectivity index (χ0n) is 17.0. The number of fused-ring (bicyclic) bond motifs is 1. The van der Waals surface area contributed by atoms with Gasteiger partial charge in [0.25, 0.3) is 11.8 Å². The minimum atomic E-state index is -0.232. The summed E-state index contributed by atoms with van der Waals surface area (Å²) in [6.45, 7) is 11.2. The topological polar surface area (TPSA) is 77.0 Å². The Balaban J connectivity index is 1.79. The van der Waals surface area contributed by atoms with Gasteiger partial charge in [0.05, 0.1) is 11.1 Å². The fraction of sp³-hybridized carbons (Fsp3) is 0.550. The van der Waals surface area contributed by atoms with E-state index in [1.807, 2.05) is 0 Å². The van der Waals surface area contributed by atoms with E-state index in [1.54, 1.807) is 31.3 Å². The third-order valence-electron chi connectivity index (χ3n) is 4.72. The van der Waals surface area contributed by atoms with Gasteiger partial charge >= 0.3 is 0 Å². The molecule has 1 aliphatic rings. The van der Waals surface area contributed by atoms with E-state index in [-0.39, 0.29) is 11.8 Å². The van der Waals surface area contributed by atoms with Crippen LogP contribution in [0.4, 0.5) is 0 Å². The molecule has 1 aromatic carbocycles. The Morgan fingerprint density at radius 2 is 1.52 bits per heavy atom. The summed E-state index contributed by atoms with van der Waals surface area (Å²) >= 11 is 0. The predicted octanol–water partition coefficient (Wildman–Crippen LogP) is 1.57. The first-order valence-electron chi connectivity index (χ1n) is 9.52. The molecule has 0 aromatic heterocycles. The van der Waals surface area contributed by atoms with E-state index in [0.717, 1.165) is 13.1 Å². The minimum absolute atomic E-state index is 0.232. The lowest BCUT2D eigenvalue weighted by atomic mass is 10.1. The molecule has 1 aromatic rings. The van der Waals surface area contributed by atoms with Gasteiger partial charge in [-0.25, -0.2) is 0 Å². The van der Waals surface area contributed by atoms with Gasteiger partial charge in [0, 0.05) is 45.3 Å². The smallest absolute Gasteiger partial charge is 0.261 e. The fourth-order valence-electron chi connectivity index (χ4n) is 3.37. The number of rotatable bonds is 8. The molecule has 0 saturated carbocycles. The Morgan fingerprint density at radius 3 is 2.00 bits per heavy atom. The quantitative estimate of drug-likeness (QED) is 0.411. The maximum atomic E-state index is 12.4. The normalized spacial score (nSPS) is 14.5. The van der Waals surface area contributed by atoms with Crippen molar-refractivity contribution >= 4 is 17.8 Å². The number of carbonyl (C=O) groups is 2. The Hall–Kier alpha value is -2.41. The van der Waals surface area contributed by atoms with E-state index in [9.17, 15) is 9.59 Å². The standard InChI is InChI=1S/C20H31N5O2/c1-14(2)24(15(3)4)12-10-22-20(21-5)23-11-13-25-18(26)16-8-6-7-9-17(16)19(25)27/h6-9,14-15H,10-13H2,1-5H3,(H2,21,22,23). The average Bonchev–Trinajstić information content (AvgIpc) is 2.88. The second-order valence-electron chi connectivity index (χ2n) is 7.16. The Kier molecular flexibility index (Phi) is 7.36. The van der Waals surface area contributed by atoms with Crippen molar-refractivity contribution in [2.45, 2.75) is 39.8 Å². The Bertz CT molecular complexity index is 656. The molecule has 0 atom stereocenters. The molecule has 0 aliphatic carbocycles. The molecule has 0 bridgehead atoms. The van der Waals surface area contributed by atoms with E-state index >= 15 is 0 Å². The summed E-state index contributed by atoms with van der Waals surface area (Å²) in [4.78, 5) is 32.6. The summed E-state index contributed by atoms with van der Waals surface area (Å²) in [6.07, 6.45) is 0. The number of nitrogens with zero attached hydrogens (tertiary/aromatic N) is 3. The van der Waals surface area contributed by atoms with Crippen LogP contribution in [0.1, 0.15) is 48.4 Å². The van der Waals surface area contributed by atoms with Crippen LogP contribution >= 0.6 is 0 Å². The third-order valence-corrected chi connectivity index (χ3v) is 4.72. The highest BCUT2D eigenvalue weighted by atomic mass is 16.2. The van der Waals surface area contributed by atoms with Crippen molar-refractivity contribution in [3.63, 3.8) is 0 Å². The van der Waals surface area contributed by atoms with Gasteiger partial charge in [0.2, 0.25) is 0 Å². The SMILES string of the molecule is CN=C(NCCN1C(=O)c2ccccc2C1=O)NCCN(C(C)C)C(C)C. The summed E-state index contributed by atoms with van der Waals surface area (Å²) < 4.78 is 0. The first-order valence-corrected chi connectivity index (χ1v) is 9.52. The summed E-state index contributed by atoms with van der Waals surface area (Å²) in [5, 5.41) is 6.45. The lowest BCUT2D eigenvalue weighted by molar-refractivity contribution is 0.0657. The van der Waals surface area contributed by atoms with Crippen molar-refractivity contribution in [2.24, 2.45) is 4.99 Å². The molecule has 7 heteroatoms. The molecular weight excluding hydrogens is 342 g/mol. The van der Waals surface area contributed by atoms with E-state index in [0.29, 0.717) is 42.3 Å². The van der Waals surface area contributed by atoms with Gasteiger partial charge < -0.3 is 10.6 Å². The van der Waals surface area contributed by atoms with Crippen LogP contribution in [0.3, 0.4) is 0 Å². The lowest BCUT2D eigenvalue weighted by Gasteiger charge is -2.30. The van der Waals surface area contributed by atoms with Crippen molar-refractivity contribution in [2.75, 3.05) is 33.2 Å². The van der Waals surface area contributed by atoms with Crippen molar-refractivity contribution in [1.29, 1.82) is 0 Å². The van der Waals surface area contributed by atoms with Crippen LogP contribution in [0.2, 0.25) is 0 Å². The Labute approximate surface area is 161 Å². The van der Waals surface area contributed by atoms with Crippen LogP contribution in [0, 0.1) is 0 Å². The number of guanidine groups is 1. The number of carbonyl (C=O) groups excluding carboxylic acids is 2. The van der Waals surface area contributed by atoms with Gasteiger partial charge in [-0.15, -0.1) is 0 Å². The number of imide groups is 1. The molecule has 2 rings (SSSR count). The number of aliphatic imine (C=N–C) groups is 1. The largest absolute Gasteiger partial charge is 0.355 e. The van der Waals surface area contributed by atoms with Gasteiger partial charge in [-0.3, -0.25) is 24.4 Å². The average molecular weight is 374 g/mol. The maximum Gasteiger partial charge on any atom is 0.261 e. The summed E-state index contributed by atoms with van der Waals surface area (Å²) in [6, 6.07) is 7.90. The molecule has 148 valence electrons. The Morgan fingerprint density at radius 1 is 1.00 bits per heavy atom. The number of hydrogen-bond acceptors (Lipinski definition) is 4. The lowest BCUT2D eigenvalue weighted by Crippen LogP contribution is -2.46. The van der Waals surface area contributed by atoms with E-state index in [1.165, 1.54) is 4.90 Å². The molecule has 0 radical (unpaired) electrons. The molecular formula is C20H31N5O2. The highest BCUT2D eigenvalue weighted by Gasteiger charge is 2.34. The highest BCUT2D eigenvalue weighted by molar-refractivity contribution is 6.21. The molecule has 0 fully saturated rings. The third kappa shape index (κ3) is 5.07. The fourth-order valence-corrected chi connectivity index (χ4v) is 3.37. The van der Waals surface area contributed by atoms with Gasteiger partial charge in [-0.2, -0.15) is 0 Å². The molecule has 1 heterocycles. The van der Waals surface area contributed by atoms with Gasteiger partial charge in [-0.05, 0) is 39.8 Å². The second kappa shape index (κ2) is 9.50. The van der Waals surface area contributed by atoms with Crippen molar-refractivity contribution in [1.82, 2.24) is 20.4 Å². The van der Waals surface area contributed by atoms with Crippen molar-refractivity contribution < 1.29 is 9.59 Å². The van der Waals surface area contributed by atoms with Crippen LogP contribution in [0.25, 0.3) is 0 Å². The molecule has 7 nitrogen and oxygen atoms in total. The zero-order valence-corrected chi connectivity index (χ0v) is 17.0. The molecule has 0 saturated heterocycles. The monoisotopic (exact) mass is 373 g/mol. The summed E-state index contributed by atoms with van der Waals surface area (Å²) in [5.74, 6) is 0.203. The number of hydrogen-bond donors (Lipinski definition) is 2. The number of nitrogens with one attached hydrogen (secondary N) is 2. The van der Waals surface area contributed by atoms with Crippen molar-refractivity contribution in [3.05, 3.63) is 35.4 Å². The van der Waals surface area contributed by atoms with Crippen LogP contribution in [0.5, 0.6) is 0 Å². The molecule has 2 amide bonds. The van der Waals surface area contributed by atoms with Gasteiger partial charge in [-0.1, -0.05) is 12.1 Å². The summed E-state index contributed by atoms with van der Waals surface area (Å²) in [7, 11) is 1.71. The van der Waals surface area contributed by atoms with E-state index in [4.69, 9.17) is 0 Å². The molecule has 2 N–H and O–H groups in total. The highest BCUT2D eigenvalue weighted by Crippen LogP contribution is 2.21. The van der Waals surface area contributed by atoms with Crippen LogP contribution < -0.4 is 10.6 Å². The zero-order chi connectivity index (χ0) is 20.0. The van der Waals surface area contributed by atoms with Gasteiger partial charge in [0.1, 0.15) is 0 Å². The second-order valence-corrected chi connectivity index (χ2v) is 7.16. The maximum absolute atomic E-state index is 12.4. The summed E-state index contributed by atoms with van der Waals surface area (Å²) in [5.41, 5.74) is 0.958. The van der Waals surface area contributed by atoms with Crippen LogP contribution in [0.15, 0.2) is 29.3 Å². The molecule has 0 spiro atoms. The number of benzene rings is 1. The first kappa shape index (κ1) is 20.9. The first-order chi connectivity index (χ1) is 12.9. The van der Waals surface area contributed by atoms with Crippen molar-refractivity contribution in [3.8, 4) is 0 Å². The van der Waals surface area contributed by atoms with Gasteiger partial charge in [0.15, 0.2) is 5.96 Å². The molecule has 0 unspecified atom stereocenters. The minimum Gasteiger partial charge on any atom is -0.355 e. The predicted molar refractivity (Wildman–Crippen MR) is 108 cm³/mol. The van der Waals surface area contributed by atoms with Crippen LogP contribution in [-0.4, -0.2) is 72.9 Å². The number of amides is 2. The van der Waals surface area contributed by atoms with E-state index < -0.39 is 0 Å². The molecule has 27 heavy (non-hydrogen) atoms. The molecule has 1 aliphatic heterocycles. The van der Waals surface area contributed by atoms with Crippen LogP contribution in [-0.2, 0) is 0 Å².